The lowest BCUT2D eigenvalue weighted by molar-refractivity contribution is -0.127. The van der Waals surface area contributed by atoms with E-state index in [9.17, 15) is 18.4 Å². The van der Waals surface area contributed by atoms with E-state index in [4.69, 9.17) is 0 Å². The van der Waals surface area contributed by atoms with Crippen molar-refractivity contribution in [1.82, 2.24) is 10.2 Å². The predicted molar refractivity (Wildman–Crippen MR) is 73.5 cm³/mol. The molecule has 0 radical (unpaired) electrons. The van der Waals surface area contributed by atoms with E-state index in [1.54, 1.807) is 4.90 Å². The molecule has 6 heteroatoms. The monoisotopic (exact) mass is 296 g/mol. The van der Waals surface area contributed by atoms with Crippen LogP contribution in [0.25, 0.3) is 0 Å². The Labute approximate surface area is 122 Å². The van der Waals surface area contributed by atoms with Crippen molar-refractivity contribution >= 4 is 11.8 Å². The largest absolute Gasteiger partial charge is 0.356 e. The minimum Gasteiger partial charge on any atom is -0.356 e. The summed E-state index contributed by atoms with van der Waals surface area (Å²) in [5.74, 6) is -1.50. The molecule has 1 N–H and O–H groups in total. The van der Waals surface area contributed by atoms with Gasteiger partial charge in [0.1, 0.15) is 11.6 Å². The maximum absolute atomic E-state index is 13.0. The van der Waals surface area contributed by atoms with Crippen molar-refractivity contribution in [2.24, 2.45) is 0 Å². The molecule has 0 aromatic heterocycles. The van der Waals surface area contributed by atoms with Crippen LogP contribution in [0.15, 0.2) is 18.2 Å². The molecular formula is C15H18F2N2O2. The summed E-state index contributed by atoms with van der Waals surface area (Å²) in [7, 11) is 0. The van der Waals surface area contributed by atoms with E-state index in [2.05, 4.69) is 5.32 Å². The molecule has 4 nitrogen and oxygen atoms in total. The first-order chi connectivity index (χ1) is 10.0. The van der Waals surface area contributed by atoms with E-state index in [-0.39, 0.29) is 18.2 Å². The predicted octanol–water partition coefficient (Wildman–Crippen LogP) is 1.64. The highest BCUT2D eigenvalue weighted by Crippen LogP contribution is 2.10. The number of carbonyl (C=O) groups is 2. The van der Waals surface area contributed by atoms with Crippen molar-refractivity contribution < 1.29 is 18.4 Å². The highest BCUT2D eigenvalue weighted by atomic mass is 19.1. The van der Waals surface area contributed by atoms with Crippen LogP contribution in [-0.4, -0.2) is 36.3 Å². The topological polar surface area (TPSA) is 49.4 Å². The molecule has 114 valence electrons. The van der Waals surface area contributed by atoms with E-state index < -0.39 is 11.6 Å². The summed E-state index contributed by atoms with van der Waals surface area (Å²) in [6, 6.07) is 3.06. The zero-order valence-corrected chi connectivity index (χ0v) is 11.7. The molecule has 1 fully saturated rings. The third-order valence-corrected chi connectivity index (χ3v) is 3.39. The third kappa shape index (κ3) is 4.81. The Bertz CT molecular complexity index is 514. The normalized spacial score (nSPS) is 14.6. The lowest BCUT2D eigenvalue weighted by Gasteiger charge is -2.15. The Morgan fingerprint density at radius 1 is 1.24 bits per heavy atom. The van der Waals surface area contributed by atoms with Gasteiger partial charge in [-0.05, 0) is 30.5 Å². The van der Waals surface area contributed by atoms with E-state index in [1.807, 2.05) is 0 Å². The smallest absolute Gasteiger partial charge is 0.224 e. The van der Waals surface area contributed by atoms with Gasteiger partial charge in [0.15, 0.2) is 0 Å². The van der Waals surface area contributed by atoms with Crippen molar-refractivity contribution in [3.05, 3.63) is 35.4 Å². The first-order valence-electron chi connectivity index (χ1n) is 7.04. The number of nitrogens with one attached hydrogen (secondary N) is 1. The van der Waals surface area contributed by atoms with E-state index in [0.717, 1.165) is 31.2 Å². The molecule has 1 aliphatic rings. The van der Waals surface area contributed by atoms with Gasteiger partial charge in [0.2, 0.25) is 11.8 Å². The van der Waals surface area contributed by atoms with E-state index in [0.29, 0.717) is 31.5 Å². The molecule has 0 bridgehead atoms. The van der Waals surface area contributed by atoms with Crippen molar-refractivity contribution in [3.63, 3.8) is 0 Å². The van der Waals surface area contributed by atoms with Crippen LogP contribution >= 0.6 is 0 Å². The quantitative estimate of drug-likeness (QED) is 0.811. The third-order valence-electron chi connectivity index (χ3n) is 3.39. The summed E-state index contributed by atoms with van der Waals surface area (Å²) >= 11 is 0. The zero-order chi connectivity index (χ0) is 15.2. The molecule has 1 aromatic rings. The van der Waals surface area contributed by atoms with Gasteiger partial charge in [-0.25, -0.2) is 8.78 Å². The lowest BCUT2D eigenvalue weighted by atomic mass is 10.1. The average Bonchev–Trinajstić information content (AvgIpc) is 2.79. The van der Waals surface area contributed by atoms with E-state index in [1.165, 1.54) is 0 Å². The minimum absolute atomic E-state index is 0.0582. The zero-order valence-electron chi connectivity index (χ0n) is 11.7. The lowest BCUT2D eigenvalue weighted by Crippen LogP contribution is -2.31. The van der Waals surface area contributed by atoms with Gasteiger partial charge in [0.25, 0.3) is 0 Å². The molecule has 0 atom stereocenters. The molecule has 0 spiro atoms. The number of nitrogens with zero attached hydrogens (tertiary/aromatic N) is 1. The average molecular weight is 296 g/mol. The van der Waals surface area contributed by atoms with Crippen LogP contribution in [0, 0.1) is 11.6 Å². The highest BCUT2D eigenvalue weighted by molar-refractivity contribution is 5.79. The Morgan fingerprint density at radius 3 is 2.57 bits per heavy atom. The van der Waals surface area contributed by atoms with Crippen LogP contribution in [0.1, 0.15) is 24.8 Å². The maximum atomic E-state index is 13.0. The molecule has 2 rings (SSSR count). The Balaban J connectivity index is 1.68. The fourth-order valence-electron chi connectivity index (χ4n) is 2.40. The van der Waals surface area contributed by atoms with Gasteiger partial charge >= 0.3 is 0 Å². The molecule has 0 saturated carbocycles. The van der Waals surface area contributed by atoms with Crippen molar-refractivity contribution in [3.8, 4) is 0 Å². The number of amides is 2. The second-order valence-corrected chi connectivity index (χ2v) is 5.14. The second kappa shape index (κ2) is 7.15. The van der Waals surface area contributed by atoms with Crippen LogP contribution in [0.2, 0.25) is 0 Å². The van der Waals surface area contributed by atoms with Gasteiger partial charge in [-0.15, -0.1) is 0 Å². The number of halogens is 2. The second-order valence-electron chi connectivity index (χ2n) is 5.14. The summed E-state index contributed by atoms with van der Waals surface area (Å²) < 4.78 is 26.0. The molecular weight excluding hydrogens is 278 g/mol. The summed E-state index contributed by atoms with van der Waals surface area (Å²) in [6.45, 7) is 1.86. The molecule has 21 heavy (non-hydrogen) atoms. The van der Waals surface area contributed by atoms with E-state index >= 15 is 0 Å². The maximum Gasteiger partial charge on any atom is 0.224 e. The Kier molecular flexibility index (Phi) is 5.25. The number of benzene rings is 1. The standard InChI is InChI=1S/C15H18F2N2O2/c16-12-7-11(8-13(17)10-12)9-14(20)18-4-2-6-19-5-1-3-15(19)21/h7-8,10H,1-6,9H2,(H,18,20). The number of carbonyl (C=O) groups excluding carboxylic acids is 2. The fourth-order valence-corrected chi connectivity index (χ4v) is 2.40. The first kappa shape index (κ1) is 15.4. The molecule has 2 amide bonds. The Hall–Kier alpha value is -1.98. The van der Waals surface area contributed by atoms with Gasteiger partial charge < -0.3 is 10.2 Å². The van der Waals surface area contributed by atoms with Gasteiger partial charge in [-0.2, -0.15) is 0 Å². The molecule has 0 unspecified atom stereocenters. The SMILES string of the molecule is O=C(Cc1cc(F)cc(F)c1)NCCCN1CCCC1=O. The number of hydrogen-bond acceptors (Lipinski definition) is 2. The molecule has 0 aliphatic carbocycles. The molecule has 1 aliphatic heterocycles. The van der Waals surface area contributed by atoms with Crippen molar-refractivity contribution in [2.75, 3.05) is 19.6 Å². The summed E-state index contributed by atoms with van der Waals surface area (Å²) in [6.07, 6.45) is 2.13. The molecule has 1 aromatic carbocycles. The summed E-state index contributed by atoms with van der Waals surface area (Å²) in [4.78, 5) is 24.8. The van der Waals surface area contributed by atoms with Crippen molar-refractivity contribution in [2.45, 2.75) is 25.7 Å². The summed E-state index contributed by atoms with van der Waals surface area (Å²) in [5.41, 5.74) is 0.305. The molecule has 1 saturated heterocycles. The fraction of sp³-hybridized carbons (Fsp3) is 0.467. The van der Waals surface area contributed by atoms with Gasteiger partial charge in [-0.1, -0.05) is 0 Å². The number of hydrogen-bond donors (Lipinski definition) is 1. The first-order valence-corrected chi connectivity index (χ1v) is 7.04. The summed E-state index contributed by atoms with van der Waals surface area (Å²) in [5, 5.41) is 2.69. The number of rotatable bonds is 6. The van der Waals surface area contributed by atoms with Gasteiger partial charge in [-0.3, -0.25) is 9.59 Å². The van der Waals surface area contributed by atoms with Crippen LogP contribution in [0.5, 0.6) is 0 Å². The van der Waals surface area contributed by atoms with Gasteiger partial charge in [0, 0.05) is 32.1 Å². The minimum atomic E-state index is -0.689. The molecule has 1 heterocycles. The number of likely N-dealkylation sites (tertiary alicyclic amines) is 1. The van der Waals surface area contributed by atoms with Crippen LogP contribution in [0.4, 0.5) is 8.78 Å². The highest BCUT2D eigenvalue weighted by Gasteiger charge is 2.19. The van der Waals surface area contributed by atoms with Crippen LogP contribution in [0.3, 0.4) is 0 Å². The van der Waals surface area contributed by atoms with Crippen LogP contribution < -0.4 is 5.32 Å². The van der Waals surface area contributed by atoms with Gasteiger partial charge in [0.05, 0.1) is 6.42 Å². The van der Waals surface area contributed by atoms with Crippen LogP contribution in [-0.2, 0) is 16.0 Å². The van der Waals surface area contributed by atoms with Crippen molar-refractivity contribution in [1.29, 1.82) is 0 Å². The Morgan fingerprint density at radius 2 is 1.95 bits per heavy atom.